The van der Waals surface area contributed by atoms with Crippen LogP contribution in [0.2, 0.25) is 5.02 Å². The Hall–Kier alpha value is -4.52. The van der Waals surface area contributed by atoms with E-state index in [4.69, 9.17) is 22.1 Å². The van der Waals surface area contributed by atoms with Crippen LogP contribution in [0.15, 0.2) is 59.7 Å². The SMILES string of the molecule is CCCC(C(=O)Cc1ccc(C(N)=O)c(F)c1)n1cc(OC)c(-c2cc(Cl)ccc2-n2cc(C(F)(F)F)nn2)cc1=O. The van der Waals surface area contributed by atoms with Crippen molar-refractivity contribution in [1.82, 2.24) is 19.6 Å². The fourth-order valence-corrected chi connectivity index (χ4v) is 4.67. The van der Waals surface area contributed by atoms with Gasteiger partial charge in [-0.3, -0.25) is 14.4 Å². The third-order valence-corrected chi connectivity index (χ3v) is 6.73. The summed E-state index contributed by atoms with van der Waals surface area (Å²) in [7, 11) is 1.33. The van der Waals surface area contributed by atoms with Gasteiger partial charge in [-0.05, 0) is 42.3 Å². The largest absolute Gasteiger partial charge is 0.495 e. The number of carbonyl (C=O) groups is 2. The van der Waals surface area contributed by atoms with E-state index in [1.165, 1.54) is 54.3 Å². The second kappa shape index (κ2) is 12.1. The number of primary amides is 1. The lowest BCUT2D eigenvalue weighted by Gasteiger charge is -2.21. The molecule has 1 atom stereocenters. The van der Waals surface area contributed by atoms with Crippen molar-refractivity contribution in [1.29, 1.82) is 0 Å². The molecule has 0 radical (unpaired) electrons. The summed E-state index contributed by atoms with van der Waals surface area (Å²) in [4.78, 5) is 38.1. The highest BCUT2D eigenvalue weighted by atomic mass is 35.5. The van der Waals surface area contributed by atoms with E-state index >= 15 is 0 Å². The van der Waals surface area contributed by atoms with Crippen molar-refractivity contribution in [3.63, 3.8) is 0 Å². The van der Waals surface area contributed by atoms with Crippen LogP contribution >= 0.6 is 11.6 Å². The Kier molecular flexibility index (Phi) is 8.81. The van der Waals surface area contributed by atoms with Crippen molar-refractivity contribution in [2.75, 3.05) is 7.11 Å². The van der Waals surface area contributed by atoms with Crippen LogP contribution in [0.3, 0.4) is 0 Å². The smallest absolute Gasteiger partial charge is 0.436 e. The molecule has 42 heavy (non-hydrogen) atoms. The summed E-state index contributed by atoms with van der Waals surface area (Å²) in [5, 5.41) is 7.00. The van der Waals surface area contributed by atoms with Gasteiger partial charge in [0.05, 0.1) is 36.8 Å². The Balaban J connectivity index is 1.76. The van der Waals surface area contributed by atoms with Crippen molar-refractivity contribution >= 4 is 23.3 Å². The maximum atomic E-state index is 14.3. The zero-order valence-corrected chi connectivity index (χ0v) is 23.0. The molecule has 0 aliphatic carbocycles. The number of carbonyl (C=O) groups excluding carboxylic acids is 2. The van der Waals surface area contributed by atoms with E-state index in [0.717, 1.165) is 10.7 Å². The van der Waals surface area contributed by atoms with Crippen LogP contribution in [0.5, 0.6) is 5.75 Å². The van der Waals surface area contributed by atoms with Crippen LogP contribution in [-0.2, 0) is 17.4 Å². The number of halogens is 5. The number of benzene rings is 2. The van der Waals surface area contributed by atoms with Gasteiger partial charge in [0.1, 0.15) is 11.6 Å². The Bertz CT molecular complexity index is 1720. The van der Waals surface area contributed by atoms with Crippen LogP contribution in [-0.4, -0.2) is 38.4 Å². The molecular weight excluding hydrogens is 582 g/mol. The topological polar surface area (TPSA) is 122 Å². The van der Waals surface area contributed by atoms with Gasteiger partial charge in [-0.25, -0.2) is 9.07 Å². The number of pyridine rings is 1. The Morgan fingerprint density at radius 1 is 1.10 bits per heavy atom. The molecule has 220 valence electrons. The van der Waals surface area contributed by atoms with Crippen molar-refractivity contribution in [2.24, 2.45) is 5.73 Å². The molecule has 0 fully saturated rings. The minimum absolute atomic E-state index is 0.125. The van der Waals surface area contributed by atoms with Crippen LogP contribution < -0.4 is 16.0 Å². The van der Waals surface area contributed by atoms with E-state index in [0.29, 0.717) is 12.6 Å². The van der Waals surface area contributed by atoms with E-state index < -0.39 is 41.0 Å². The fraction of sp³-hybridized carbons (Fsp3) is 0.250. The van der Waals surface area contributed by atoms with Gasteiger partial charge in [0, 0.05) is 28.6 Å². The second-order valence-corrected chi connectivity index (χ2v) is 9.77. The number of amides is 1. The number of aromatic nitrogens is 4. The molecule has 0 bridgehead atoms. The van der Waals surface area contributed by atoms with E-state index in [1.54, 1.807) is 0 Å². The van der Waals surface area contributed by atoms with Crippen LogP contribution in [0.4, 0.5) is 17.6 Å². The summed E-state index contributed by atoms with van der Waals surface area (Å²) < 4.78 is 61.4. The standard InChI is InChI=1S/C28H24ClF4N5O4/c1-3-4-22(23(39)10-15-5-7-17(27(34)41)20(30)9-15)37-13-24(42-2)19(12-26(37)40)18-11-16(29)6-8-21(18)38-14-25(35-36-38)28(31,32)33/h5-9,11-14,22H,3-4,10H2,1-2H3,(H2,34,41). The number of methoxy groups -OCH3 is 1. The number of nitrogens with zero attached hydrogens (tertiary/aromatic N) is 4. The lowest BCUT2D eigenvalue weighted by Crippen LogP contribution is -2.30. The van der Waals surface area contributed by atoms with Gasteiger partial charge in [0.15, 0.2) is 11.5 Å². The first-order valence-electron chi connectivity index (χ1n) is 12.5. The molecule has 2 N–H and O–H groups in total. The minimum atomic E-state index is -4.72. The van der Waals surface area contributed by atoms with Crippen LogP contribution in [0, 0.1) is 5.82 Å². The van der Waals surface area contributed by atoms with E-state index in [-0.39, 0.29) is 51.6 Å². The Morgan fingerprint density at radius 3 is 2.43 bits per heavy atom. The first-order chi connectivity index (χ1) is 19.8. The average molecular weight is 606 g/mol. The Morgan fingerprint density at radius 2 is 1.83 bits per heavy atom. The number of rotatable bonds is 10. The summed E-state index contributed by atoms with van der Waals surface area (Å²) in [5.74, 6) is -2.08. The summed E-state index contributed by atoms with van der Waals surface area (Å²) in [6.45, 7) is 1.82. The van der Waals surface area contributed by atoms with E-state index in [2.05, 4.69) is 10.3 Å². The molecule has 2 aromatic carbocycles. The van der Waals surface area contributed by atoms with Gasteiger partial charge in [0.25, 0.3) is 11.5 Å². The number of alkyl halides is 3. The number of ketones is 1. The predicted molar refractivity (Wildman–Crippen MR) is 145 cm³/mol. The highest BCUT2D eigenvalue weighted by Crippen LogP contribution is 2.36. The molecule has 14 heteroatoms. The summed E-state index contributed by atoms with van der Waals surface area (Å²) in [6, 6.07) is 8.18. The van der Waals surface area contributed by atoms with Gasteiger partial charge < -0.3 is 15.0 Å². The highest BCUT2D eigenvalue weighted by molar-refractivity contribution is 6.31. The van der Waals surface area contributed by atoms with Gasteiger partial charge in [-0.15, -0.1) is 5.10 Å². The molecule has 4 rings (SSSR count). The zero-order chi connectivity index (χ0) is 30.8. The molecule has 1 unspecified atom stereocenters. The quantitative estimate of drug-likeness (QED) is 0.249. The molecule has 9 nitrogen and oxygen atoms in total. The average Bonchev–Trinajstić information content (AvgIpc) is 3.42. The number of hydrogen-bond acceptors (Lipinski definition) is 6. The molecule has 0 aliphatic rings. The highest BCUT2D eigenvalue weighted by Gasteiger charge is 2.35. The molecule has 2 aromatic heterocycles. The maximum absolute atomic E-state index is 14.3. The number of nitrogens with two attached hydrogens (primary N) is 1. The van der Waals surface area contributed by atoms with Crippen molar-refractivity contribution in [3.8, 4) is 22.6 Å². The van der Waals surface area contributed by atoms with Crippen molar-refractivity contribution in [2.45, 2.75) is 38.4 Å². The molecule has 4 aromatic rings. The molecule has 0 saturated carbocycles. The number of Topliss-reactive ketones (excluding diaryl/α,β-unsaturated/α-hetero) is 1. The lowest BCUT2D eigenvalue weighted by atomic mass is 9.98. The van der Waals surface area contributed by atoms with Gasteiger partial charge in [0.2, 0.25) is 0 Å². The van der Waals surface area contributed by atoms with E-state index in [9.17, 15) is 31.9 Å². The fourth-order valence-electron chi connectivity index (χ4n) is 4.50. The first kappa shape index (κ1) is 30.4. The van der Waals surface area contributed by atoms with Crippen molar-refractivity contribution < 1.29 is 31.9 Å². The van der Waals surface area contributed by atoms with Crippen molar-refractivity contribution in [3.05, 3.63) is 92.9 Å². The lowest BCUT2D eigenvalue weighted by molar-refractivity contribution is -0.141. The van der Waals surface area contributed by atoms with Gasteiger partial charge in [-0.2, -0.15) is 13.2 Å². The number of ether oxygens (including phenoxy) is 1. The second-order valence-electron chi connectivity index (χ2n) is 9.33. The van der Waals surface area contributed by atoms with Crippen LogP contribution in [0.1, 0.15) is 47.4 Å². The third-order valence-electron chi connectivity index (χ3n) is 6.49. The predicted octanol–water partition coefficient (Wildman–Crippen LogP) is 5.17. The maximum Gasteiger partial charge on any atom is 0.436 e. The molecule has 0 aliphatic heterocycles. The Labute approximate surface area is 241 Å². The molecule has 0 saturated heterocycles. The third kappa shape index (κ3) is 6.35. The monoisotopic (exact) mass is 605 g/mol. The molecular formula is C28H24ClF4N5O4. The van der Waals surface area contributed by atoms with Crippen LogP contribution in [0.25, 0.3) is 16.8 Å². The molecule has 2 heterocycles. The van der Waals surface area contributed by atoms with E-state index in [1.807, 2.05) is 6.92 Å². The first-order valence-corrected chi connectivity index (χ1v) is 12.9. The van der Waals surface area contributed by atoms with Gasteiger partial charge >= 0.3 is 6.18 Å². The summed E-state index contributed by atoms with van der Waals surface area (Å²) >= 11 is 6.20. The zero-order valence-electron chi connectivity index (χ0n) is 22.3. The minimum Gasteiger partial charge on any atom is -0.495 e. The normalized spacial score (nSPS) is 12.3. The summed E-state index contributed by atoms with van der Waals surface area (Å²) in [5.41, 5.74) is 3.85. The number of hydrogen-bond donors (Lipinski definition) is 1. The molecule has 0 spiro atoms. The summed E-state index contributed by atoms with van der Waals surface area (Å²) in [6.07, 6.45) is -2.13. The molecule has 1 amide bonds. The van der Waals surface area contributed by atoms with Gasteiger partial charge in [-0.1, -0.05) is 36.2 Å².